The number of nitrogens with zero attached hydrogens (tertiary/aromatic N) is 3. The second-order valence-electron chi connectivity index (χ2n) is 9.41. The molecule has 0 spiro atoms. The van der Waals surface area contributed by atoms with E-state index in [9.17, 15) is 4.79 Å². The summed E-state index contributed by atoms with van der Waals surface area (Å²) in [4.78, 5) is 19.4. The Balaban J connectivity index is 1.43. The quantitative estimate of drug-likeness (QED) is 0.465. The number of benzene rings is 2. The van der Waals surface area contributed by atoms with Crippen LogP contribution in [0, 0.1) is 13.8 Å². The molecule has 2 aromatic heterocycles. The van der Waals surface area contributed by atoms with Crippen molar-refractivity contribution in [1.82, 2.24) is 9.78 Å². The Hall–Kier alpha value is -2.67. The summed E-state index contributed by atoms with van der Waals surface area (Å²) in [5.74, 6) is 0.508. The van der Waals surface area contributed by atoms with Gasteiger partial charge in [0.25, 0.3) is 5.91 Å². The Morgan fingerprint density at radius 2 is 1.94 bits per heavy atom. The molecule has 1 N–H and O–H groups in total. The third kappa shape index (κ3) is 3.31. The summed E-state index contributed by atoms with van der Waals surface area (Å²) >= 11 is 7.61. The van der Waals surface area contributed by atoms with Crippen molar-refractivity contribution in [3.63, 3.8) is 0 Å². The molecule has 0 aliphatic carbocycles. The highest BCUT2D eigenvalue weighted by Crippen LogP contribution is 2.44. The number of likely N-dealkylation sites (tertiary alicyclic amines) is 1. The number of amides is 1. The molecule has 1 amide bonds. The van der Waals surface area contributed by atoms with Crippen LogP contribution in [0.1, 0.15) is 38.8 Å². The third-order valence-electron chi connectivity index (χ3n) is 7.12. The summed E-state index contributed by atoms with van der Waals surface area (Å²) in [5.41, 5.74) is 5.54. The highest BCUT2D eigenvalue weighted by molar-refractivity contribution is 7.20. The van der Waals surface area contributed by atoms with Gasteiger partial charge in [0, 0.05) is 22.5 Å². The monoisotopic (exact) mass is 477 g/mol. The Kier molecular flexibility index (Phi) is 4.87. The van der Waals surface area contributed by atoms with Crippen molar-refractivity contribution in [3.8, 4) is 5.69 Å². The van der Waals surface area contributed by atoms with Gasteiger partial charge in [-0.05, 0) is 55.8 Å². The predicted molar refractivity (Wildman–Crippen MR) is 134 cm³/mol. The molecule has 1 fully saturated rings. The van der Waals surface area contributed by atoms with E-state index in [0.29, 0.717) is 10.9 Å². The van der Waals surface area contributed by atoms with E-state index < -0.39 is 0 Å². The Morgan fingerprint density at radius 3 is 2.73 bits per heavy atom. The number of rotatable bonds is 2. The number of carbonyl (C=O) groups excluding carboxylic acids is 1. The first-order valence-electron chi connectivity index (χ1n) is 11.4. The molecule has 0 radical (unpaired) electrons. The second-order valence-corrected chi connectivity index (χ2v) is 10.9. The maximum absolute atomic E-state index is 14.0. The van der Waals surface area contributed by atoms with Crippen LogP contribution in [0.2, 0.25) is 5.02 Å². The molecule has 2 aromatic carbocycles. The average molecular weight is 478 g/mol. The minimum atomic E-state index is 0.107. The molecule has 168 valence electrons. The molecule has 33 heavy (non-hydrogen) atoms. The lowest BCUT2D eigenvalue weighted by molar-refractivity contribution is -0.886. The van der Waals surface area contributed by atoms with Crippen LogP contribution in [-0.4, -0.2) is 41.9 Å². The van der Waals surface area contributed by atoms with E-state index >= 15 is 0 Å². The Bertz CT molecular complexity index is 1390. The van der Waals surface area contributed by atoms with E-state index in [0.717, 1.165) is 51.7 Å². The first kappa shape index (κ1) is 20.9. The lowest BCUT2D eigenvalue weighted by Crippen LogP contribution is -3.11. The summed E-state index contributed by atoms with van der Waals surface area (Å²) in [7, 11) is 2.26. The zero-order valence-corrected chi connectivity index (χ0v) is 20.5. The summed E-state index contributed by atoms with van der Waals surface area (Å²) < 4.78 is 1.92. The second kappa shape index (κ2) is 7.69. The van der Waals surface area contributed by atoms with Crippen molar-refractivity contribution < 1.29 is 9.69 Å². The number of fused-ring (bicyclic) bond motifs is 4. The van der Waals surface area contributed by atoms with Gasteiger partial charge in [-0.1, -0.05) is 29.3 Å². The molecular formula is C26H26ClN4OS+. The lowest BCUT2D eigenvalue weighted by Gasteiger charge is -2.34. The maximum atomic E-state index is 14.0. The number of piperidine rings is 1. The molecule has 1 saturated heterocycles. The van der Waals surface area contributed by atoms with Crippen molar-refractivity contribution in [3.05, 3.63) is 75.3 Å². The van der Waals surface area contributed by atoms with Crippen LogP contribution in [0.25, 0.3) is 15.9 Å². The van der Waals surface area contributed by atoms with E-state index in [1.807, 2.05) is 41.9 Å². The lowest BCUT2D eigenvalue weighted by atomic mass is 9.89. The molecule has 0 saturated carbocycles. The van der Waals surface area contributed by atoms with Gasteiger partial charge in [-0.25, -0.2) is 4.68 Å². The Morgan fingerprint density at radius 1 is 1.15 bits per heavy atom. The summed E-state index contributed by atoms with van der Waals surface area (Å²) in [5, 5.41) is 6.45. The summed E-state index contributed by atoms with van der Waals surface area (Å²) in [6, 6.07) is 16.5. The van der Waals surface area contributed by atoms with Crippen LogP contribution < -0.4 is 9.80 Å². The highest BCUT2D eigenvalue weighted by atomic mass is 35.5. The van der Waals surface area contributed by atoms with Crippen LogP contribution >= 0.6 is 22.9 Å². The molecule has 0 bridgehead atoms. The van der Waals surface area contributed by atoms with E-state index in [4.69, 9.17) is 16.7 Å². The smallest absolute Gasteiger partial charge is 0.268 e. The highest BCUT2D eigenvalue weighted by Gasteiger charge is 2.46. The zero-order chi connectivity index (χ0) is 22.9. The number of hydrogen-bond acceptors (Lipinski definition) is 3. The first-order valence-corrected chi connectivity index (χ1v) is 12.6. The van der Waals surface area contributed by atoms with Crippen molar-refractivity contribution in [1.29, 1.82) is 0 Å². The first-order chi connectivity index (χ1) is 15.9. The fourth-order valence-electron chi connectivity index (χ4n) is 5.49. The number of carbonyl (C=O) groups is 1. The van der Waals surface area contributed by atoms with E-state index in [1.54, 1.807) is 4.90 Å². The van der Waals surface area contributed by atoms with Crippen LogP contribution in [0.3, 0.4) is 0 Å². The number of hydrogen-bond donors (Lipinski definition) is 1. The molecule has 2 aliphatic heterocycles. The minimum absolute atomic E-state index is 0.107. The van der Waals surface area contributed by atoms with Gasteiger partial charge < -0.3 is 9.80 Å². The molecule has 1 unspecified atom stereocenters. The van der Waals surface area contributed by atoms with Crippen LogP contribution in [-0.2, 0) is 0 Å². The average Bonchev–Trinajstić information content (AvgIpc) is 3.45. The van der Waals surface area contributed by atoms with Gasteiger partial charge in [0.05, 0.1) is 48.4 Å². The molecule has 6 rings (SSSR count). The van der Waals surface area contributed by atoms with Gasteiger partial charge in [-0.2, -0.15) is 5.10 Å². The molecule has 5 nitrogen and oxygen atoms in total. The summed E-state index contributed by atoms with van der Waals surface area (Å²) in [6.07, 6.45) is 1.03. The number of thiophene rings is 1. The minimum Gasteiger partial charge on any atom is -0.337 e. The molecule has 7 heteroatoms. The van der Waals surface area contributed by atoms with Gasteiger partial charge in [0.15, 0.2) is 0 Å². The van der Waals surface area contributed by atoms with Gasteiger partial charge in [-0.3, -0.25) is 4.79 Å². The summed E-state index contributed by atoms with van der Waals surface area (Å²) in [6.45, 7) is 6.30. The fourth-order valence-corrected chi connectivity index (χ4v) is 6.74. The van der Waals surface area contributed by atoms with Crippen molar-refractivity contribution in [2.24, 2.45) is 0 Å². The molecule has 2 aliphatic rings. The van der Waals surface area contributed by atoms with E-state index in [2.05, 4.69) is 37.1 Å². The number of aryl methyl sites for hydroxylation is 2. The molecular weight excluding hydrogens is 452 g/mol. The van der Waals surface area contributed by atoms with Crippen molar-refractivity contribution in [2.75, 3.05) is 25.0 Å². The van der Waals surface area contributed by atoms with Gasteiger partial charge in [-0.15, -0.1) is 11.3 Å². The van der Waals surface area contributed by atoms with Crippen LogP contribution in [0.5, 0.6) is 0 Å². The topological polar surface area (TPSA) is 42.6 Å². The fraction of sp³-hybridized carbons (Fsp3) is 0.308. The zero-order valence-electron chi connectivity index (χ0n) is 18.9. The largest absolute Gasteiger partial charge is 0.337 e. The number of anilines is 1. The van der Waals surface area contributed by atoms with Gasteiger partial charge in [0.2, 0.25) is 0 Å². The normalized spacial score (nSPS) is 21.9. The number of quaternary nitrogens is 1. The SMILES string of the molecule is Cc1ccc2c(c1)[C@@H]1C[NH+](C)CC[C@@H]1N2C(=O)c1cc2c(C)nn(-c3ccc(Cl)cc3)c2s1. The van der Waals surface area contributed by atoms with Crippen molar-refractivity contribution in [2.45, 2.75) is 32.2 Å². The third-order valence-corrected chi connectivity index (χ3v) is 8.47. The number of halogens is 1. The van der Waals surface area contributed by atoms with Gasteiger partial charge >= 0.3 is 0 Å². The Labute approximate surface area is 202 Å². The maximum Gasteiger partial charge on any atom is 0.268 e. The number of aromatic nitrogens is 2. The standard InChI is InChI=1S/C26H25ClN4OS/c1-15-4-9-22-20(12-15)21-14-29(3)11-10-23(21)30(22)25(32)24-13-19-16(2)28-31(26(19)33-24)18-7-5-17(27)6-8-18/h4-9,12-13,21,23H,10-11,14H2,1-3H3/p+1/t21-,23-/m0/s1. The number of nitrogens with one attached hydrogen (secondary N) is 1. The predicted octanol–water partition coefficient (Wildman–Crippen LogP) is 4.39. The molecule has 4 aromatic rings. The molecule has 3 atom stereocenters. The van der Waals surface area contributed by atoms with E-state index in [-0.39, 0.29) is 11.9 Å². The van der Waals surface area contributed by atoms with Gasteiger partial charge in [0.1, 0.15) is 4.83 Å². The molecule has 4 heterocycles. The van der Waals surface area contributed by atoms with Crippen LogP contribution in [0.15, 0.2) is 48.5 Å². The van der Waals surface area contributed by atoms with Crippen molar-refractivity contribution >= 4 is 44.7 Å². The van der Waals surface area contributed by atoms with E-state index in [1.165, 1.54) is 22.5 Å². The number of likely N-dealkylation sites (N-methyl/N-ethyl adjacent to an activating group) is 1. The van der Waals surface area contributed by atoms with Crippen LogP contribution in [0.4, 0.5) is 5.69 Å².